The number of amides is 6. The number of benzene rings is 7. The second-order valence-electron chi connectivity index (χ2n) is 23.5. The van der Waals surface area contributed by atoms with Crippen LogP contribution in [0.5, 0.6) is 69.0 Å². The molecule has 0 aliphatic carbocycles. The van der Waals surface area contributed by atoms with Crippen molar-refractivity contribution in [2.24, 2.45) is 17.4 Å². The lowest BCUT2D eigenvalue weighted by Gasteiger charge is -2.41. The topological polar surface area (TPSA) is 461 Å². The van der Waals surface area contributed by atoms with Crippen LogP contribution in [0.15, 0.2) is 121 Å². The van der Waals surface area contributed by atoms with Crippen molar-refractivity contribution in [1.82, 2.24) is 31.9 Å². The van der Waals surface area contributed by atoms with Crippen LogP contribution in [-0.4, -0.2) is 120 Å². The molecular weight excluding hydrogens is 1240 g/mol. The number of aliphatic hydroxyl groups is 2. The summed E-state index contributed by atoms with van der Waals surface area (Å²) in [7, 11) is 0.981. The molecule has 0 aromatic heterocycles. The predicted octanol–water partition coefficient (Wildman–Crippen LogP) is 3.62. The Morgan fingerprint density at radius 1 is 0.558 bits per heavy atom. The highest BCUT2D eigenvalue weighted by molar-refractivity contribution is 6.00. The third kappa shape index (κ3) is 12.4. The summed E-state index contributed by atoms with van der Waals surface area (Å²) in [6.45, 7) is 2.87. The van der Waals surface area contributed by atoms with E-state index in [0.29, 0.717) is 0 Å². The number of rotatable bonds is 3. The summed E-state index contributed by atoms with van der Waals surface area (Å²) in [5.41, 5.74) is 9.09. The summed E-state index contributed by atoms with van der Waals surface area (Å²) in [5.74, 6) is -14.5. The molecule has 7 aromatic carbocycles. The molecule has 95 heavy (non-hydrogen) atoms. The van der Waals surface area contributed by atoms with E-state index >= 15 is 24.0 Å². The normalized spacial score (nSPS) is 25.8. The highest BCUT2D eigenvalue weighted by atomic mass is 16.7. The first-order valence-corrected chi connectivity index (χ1v) is 29.5. The molecule has 492 valence electrons. The zero-order valence-corrected chi connectivity index (χ0v) is 50.4. The zero-order valence-electron chi connectivity index (χ0n) is 50.4. The van der Waals surface area contributed by atoms with E-state index in [1.807, 2.05) is 0 Å². The van der Waals surface area contributed by atoms with Crippen LogP contribution in [0.2, 0.25) is 0 Å². The molecule has 0 radical (unpaired) electrons. The molecule has 6 amide bonds. The van der Waals surface area contributed by atoms with Crippen LogP contribution >= 0.6 is 0 Å². The SMILES string of the molecule is COC(=O)C1NC(=O)C2NC(=O)C(NC(=O)C3NC(=O)C4NC(=O)C(NC(=O)C(N)c5ccc(O)c(c5)Oc5cc4cc(O)c5C)C(O)c4ccc(cc4)Oc4cc3cc(c4O)Oc3ccc(cc3)C2OC2CC(N)(O)C(C)CO2)c2ccc(O)c(c2)-c2c(O)cc(O)cc21. The Kier molecular flexibility index (Phi) is 16.8. The third-order valence-corrected chi connectivity index (χ3v) is 17.2. The largest absolute Gasteiger partial charge is 0.508 e. The fraction of sp³-hybridized carbons (Fsp3) is 0.258. The van der Waals surface area contributed by atoms with Gasteiger partial charge >= 0.3 is 5.97 Å². The summed E-state index contributed by atoms with van der Waals surface area (Å²) >= 11 is 0. The van der Waals surface area contributed by atoms with Gasteiger partial charge in [-0.15, -0.1) is 0 Å². The van der Waals surface area contributed by atoms with Gasteiger partial charge in [0, 0.05) is 40.7 Å². The van der Waals surface area contributed by atoms with E-state index in [1.54, 1.807) is 6.92 Å². The number of aliphatic hydroxyl groups excluding tert-OH is 1. The minimum atomic E-state index is -2.17. The number of ether oxygens (including phenoxy) is 6. The van der Waals surface area contributed by atoms with Gasteiger partial charge in [-0.2, -0.15) is 0 Å². The van der Waals surface area contributed by atoms with E-state index in [2.05, 4.69) is 31.9 Å². The lowest BCUT2D eigenvalue weighted by Crippen LogP contribution is -2.57. The van der Waals surface area contributed by atoms with Gasteiger partial charge < -0.3 is 113 Å². The summed E-state index contributed by atoms with van der Waals surface area (Å²) in [6.07, 6.45) is -5.54. The Hall–Kier alpha value is -11.2. The van der Waals surface area contributed by atoms with E-state index < -0.39 is 172 Å². The molecule has 12 atom stereocenters. The van der Waals surface area contributed by atoms with Gasteiger partial charge in [0.2, 0.25) is 41.2 Å². The van der Waals surface area contributed by atoms with Crippen LogP contribution in [0.1, 0.15) is 100 Å². The average Bonchev–Trinajstić information content (AvgIpc) is 0.774. The molecule has 0 saturated carbocycles. The minimum Gasteiger partial charge on any atom is -0.508 e. The number of nitrogens with one attached hydrogen (secondary N) is 6. The molecule has 7 heterocycles. The molecule has 1 saturated heterocycles. The van der Waals surface area contributed by atoms with Gasteiger partial charge in [0.1, 0.15) is 94.4 Å². The van der Waals surface area contributed by atoms with Gasteiger partial charge in [0.15, 0.2) is 35.3 Å². The number of esters is 1. The molecular formula is C66H62N8O21. The van der Waals surface area contributed by atoms with Crippen molar-refractivity contribution in [2.75, 3.05) is 13.7 Å². The number of nitrogens with two attached hydrogens (primary N) is 2. The maximum absolute atomic E-state index is 16.0. The lowest BCUT2D eigenvalue weighted by molar-refractivity contribution is -0.249. The van der Waals surface area contributed by atoms with Gasteiger partial charge in [-0.1, -0.05) is 43.3 Å². The Balaban J connectivity index is 1.08. The van der Waals surface area contributed by atoms with Crippen LogP contribution < -0.4 is 57.6 Å². The molecule has 7 aliphatic heterocycles. The summed E-state index contributed by atoms with van der Waals surface area (Å²) in [4.78, 5) is 106. The maximum Gasteiger partial charge on any atom is 0.333 e. The second kappa shape index (κ2) is 25.0. The minimum absolute atomic E-state index is 0.00458. The van der Waals surface area contributed by atoms with Crippen molar-refractivity contribution in [3.8, 4) is 80.1 Å². The van der Waals surface area contributed by atoms with Crippen molar-refractivity contribution < 1.29 is 103 Å². The average molecular weight is 1300 g/mol. The van der Waals surface area contributed by atoms with Crippen molar-refractivity contribution in [2.45, 2.75) is 86.8 Å². The van der Waals surface area contributed by atoms with E-state index in [1.165, 1.54) is 85.8 Å². The van der Waals surface area contributed by atoms with Crippen LogP contribution in [0.4, 0.5) is 0 Å². The molecule has 7 aliphatic rings. The van der Waals surface area contributed by atoms with Crippen LogP contribution in [0, 0.1) is 12.8 Å². The standard InChI is InChI=1S/C66H62N8O21/c1-26-25-91-47(24-66(26,68)89)95-58-29-6-12-36(13-7-29)93-46-21-33-20-45(57(46)81)92-35-10-4-28(5-11-35)56(80)54-63(86)71-51(32-17-41(78)27(2)43(19-32)94-44-18-30(8-15-40(44)77)49(67)59(82)73-54)61(84)70-52(33)62(85)69-50-31-9-14-39(76)37(16-31)48-38(22-34(75)23-42(48)79)53(65(88)90-3)72-64(87)55(58)74-60(50)83/h4-23,26,47,49-56,58,75-81,89H,24-25,67-68H2,1-3H3,(H,69,85)(H,70,84)(H,71,86)(H,72,87)(H,73,82)(H,74,83). The van der Waals surface area contributed by atoms with Gasteiger partial charge in [0.25, 0.3) is 0 Å². The Bertz CT molecular complexity index is 4300. The third-order valence-electron chi connectivity index (χ3n) is 17.2. The molecule has 29 nitrogen and oxygen atoms in total. The van der Waals surface area contributed by atoms with Gasteiger partial charge in [0.05, 0.1) is 13.7 Å². The van der Waals surface area contributed by atoms with Crippen molar-refractivity contribution in [3.05, 3.63) is 166 Å². The Morgan fingerprint density at radius 3 is 1.74 bits per heavy atom. The molecule has 12 unspecified atom stereocenters. The number of phenolic OH excluding ortho intramolecular Hbond substituents is 6. The molecule has 1 fully saturated rings. The van der Waals surface area contributed by atoms with Crippen LogP contribution in [0.25, 0.3) is 11.1 Å². The molecule has 7 aromatic rings. The summed E-state index contributed by atoms with van der Waals surface area (Å²) < 4.78 is 36.5. The van der Waals surface area contributed by atoms with Gasteiger partial charge in [-0.05, 0) is 119 Å². The number of phenols is 6. The van der Waals surface area contributed by atoms with Crippen molar-refractivity contribution in [1.29, 1.82) is 0 Å². The smallest absolute Gasteiger partial charge is 0.333 e. The number of carbonyl (C=O) groups is 7. The first kappa shape index (κ1) is 63.9. The molecule has 17 bridgehead atoms. The molecule has 0 spiro atoms. The zero-order chi connectivity index (χ0) is 67.6. The summed E-state index contributed by atoms with van der Waals surface area (Å²) in [6, 6.07) is 10.3. The van der Waals surface area contributed by atoms with E-state index in [9.17, 15) is 50.4 Å². The predicted molar refractivity (Wildman–Crippen MR) is 327 cm³/mol. The second-order valence-corrected chi connectivity index (χ2v) is 23.5. The number of carbonyl (C=O) groups excluding carboxylic acids is 7. The number of methoxy groups -OCH3 is 1. The quantitative estimate of drug-likeness (QED) is 0.0887. The molecule has 14 rings (SSSR count). The van der Waals surface area contributed by atoms with Gasteiger partial charge in [-0.3, -0.25) is 28.8 Å². The highest BCUT2D eigenvalue weighted by Gasteiger charge is 2.46. The van der Waals surface area contributed by atoms with E-state index in [4.69, 9.17) is 39.9 Å². The van der Waals surface area contributed by atoms with E-state index in [0.717, 1.165) is 49.6 Å². The molecule has 18 N–H and O–H groups in total. The number of hydrogen-bond acceptors (Lipinski definition) is 23. The maximum atomic E-state index is 16.0. The fourth-order valence-electron chi connectivity index (χ4n) is 11.7. The Labute approximate surface area is 538 Å². The first-order valence-electron chi connectivity index (χ1n) is 29.5. The lowest BCUT2D eigenvalue weighted by atomic mass is 9.89. The van der Waals surface area contributed by atoms with Gasteiger partial charge in [-0.25, -0.2) is 4.79 Å². The number of fused-ring (bicyclic) bond motifs is 14. The Morgan fingerprint density at radius 2 is 1.09 bits per heavy atom. The summed E-state index contributed by atoms with van der Waals surface area (Å²) in [5, 5.41) is 108. The molecule has 29 heteroatoms. The highest BCUT2D eigenvalue weighted by Crippen LogP contribution is 2.48. The fourth-order valence-corrected chi connectivity index (χ4v) is 11.7. The van der Waals surface area contributed by atoms with Crippen LogP contribution in [0.3, 0.4) is 0 Å². The number of hydrogen-bond donors (Lipinski definition) is 16. The van der Waals surface area contributed by atoms with E-state index in [-0.39, 0.29) is 79.7 Å². The first-order chi connectivity index (χ1) is 45.2. The monoisotopic (exact) mass is 1300 g/mol. The number of aromatic hydroxyl groups is 6. The van der Waals surface area contributed by atoms with Crippen LogP contribution in [-0.2, 0) is 47.8 Å². The van der Waals surface area contributed by atoms with Crippen molar-refractivity contribution >= 4 is 41.4 Å². The van der Waals surface area contributed by atoms with Crippen molar-refractivity contribution in [3.63, 3.8) is 0 Å².